The second-order valence-corrected chi connectivity index (χ2v) is 2.99. The zero-order valence-corrected chi connectivity index (χ0v) is 7.27. The molecular formula is C9H7N3O2. The Hall–Kier alpha value is -2.09. The summed E-state index contributed by atoms with van der Waals surface area (Å²) < 4.78 is 0. The molecule has 0 fully saturated rings. The molecule has 5 heteroatoms. The summed E-state index contributed by atoms with van der Waals surface area (Å²) in [6, 6.07) is 3.56. The van der Waals surface area contributed by atoms with Crippen LogP contribution >= 0.6 is 0 Å². The van der Waals surface area contributed by atoms with E-state index >= 15 is 0 Å². The molecule has 5 nitrogen and oxygen atoms in total. The first-order valence-electron chi connectivity index (χ1n) is 4.12. The van der Waals surface area contributed by atoms with Crippen molar-refractivity contribution in [3.63, 3.8) is 0 Å². The van der Waals surface area contributed by atoms with E-state index in [1.807, 2.05) is 6.07 Å². The molecule has 70 valence electrons. The van der Waals surface area contributed by atoms with Gasteiger partial charge in [-0.1, -0.05) is 0 Å². The maximum Gasteiger partial charge on any atom is 0.411 e. The molecule has 0 aliphatic carbocycles. The summed E-state index contributed by atoms with van der Waals surface area (Å²) in [5.74, 6) is 0. The van der Waals surface area contributed by atoms with Crippen molar-refractivity contribution < 1.29 is 9.90 Å². The Morgan fingerprint density at radius 2 is 2.50 bits per heavy atom. The lowest BCUT2D eigenvalue weighted by Gasteiger charge is -2.11. The summed E-state index contributed by atoms with van der Waals surface area (Å²) in [6.45, 7) is 0.446. The van der Waals surface area contributed by atoms with Crippen LogP contribution in [-0.4, -0.2) is 22.7 Å². The molecule has 0 saturated heterocycles. The van der Waals surface area contributed by atoms with Gasteiger partial charge in [-0.15, -0.1) is 0 Å². The summed E-state index contributed by atoms with van der Waals surface area (Å²) in [5.41, 5.74) is 1.80. The van der Waals surface area contributed by atoms with Gasteiger partial charge in [-0.25, -0.2) is 9.78 Å². The molecule has 0 radical (unpaired) electrons. The number of aromatic nitrogens is 1. The van der Waals surface area contributed by atoms with E-state index in [-0.39, 0.29) is 0 Å². The molecule has 1 aliphatic rings. The average molecular weight is 189 g/mol. The van der Waals surface area contributed by atoms with Crippen LogP contribution in [0.3, 0.4) is 0 Å². The van der Waals surface area contributed by atoms with E-state index in [4.69, 9.17) is 10.4 Å². The largest absolute Gasteiger partial charge is 0.465 e. The van der Waals surface area contributed by atoms with Crippen molar-refractivity contribution in [2.45, 2.75) is 6.42 Å². The molecule has 1 aromatic heterocycles. The number of carbonyl (C=O) groups is 1. The highest BCUT2D eigenvalue weighted by Gasteiger charge is 2.24. The van der Waals surface area contributed by atoms with Gasteiger partial charge in [-0.3, -0.25) is 4.90 Å². The van der Waals surface area contributed by atoms with Crippen molar-refractivity contribution in [2.75, 3.05) is 11.4 Å². The van der Waals surface area contributed by atoms with Gasteiger partial charge in [0.1, 0.15) is 11.8 Å². The van der Waals surface area contributed by atoms with E-state index in [2.05, 4.69) is 4.98 Å². The molecule has 2 rings (SSSR count). The van der Waals surface area contributed by atoms with Gasteiger partial charge in [0.05, 0.1) is 11.9 Å². The van der Waals surface area contributed by atoms with Crippen LogP contribution in [0.4, 0.5) is 10.5 Å². The molecule has 0 unspecified atom stereocenters. The molecule has 14 heavy (non-hydrogen) atoms. The van der Waals surface area contributed by atoms with Gasteiger partial charge in [-0.05, 0) is 18.1 Å². The number of anilines is 1. The third kappa shape index (κ3) is 1.17. The Morgan fingerprint density at radius 1 is 1.71 bits per heavy atom. The summed E-state index contributed by atoms with van der Waals surface area (Å²) in [4.78, 5) is 15.8. The van der Waals surface area contributed by atoms with Gasteiger partial charge >= 0.3 is 6.09 Å². The Labute approximate surface area is 80.2 Å². The third-order valence-electron chi connectivity index (χ3n) is 2.21. The molecule has 0 saturated carbocycles. The Balaban J connectivity index is 2.44. The van der Waals surface area contributed by atoms with Crippen molar-refractivity contribution in [3.05, 3.63) is 23.5 Å². The molecule has 0 spiro atoms. The Morgan fingerprint density at radius 3 is 3.14 bits per heavy atom. The van der Waals surface area contributed by atoms with Crippen molar-refractivity contribution in [2.24, 2.45) is 0 Å². The van der Waals surface area contributed by atoms with Crippen molar-refractivity contribution in [3.8, 4) is 6.07 Å². The highest BCUT2D eigenvalue weighted by Crippen LogP contribution is 2.27. The van der Waals surface area contributed by atoms with Gasteiger partial charge < -0.3 is 5.11 Å². The highest BCUT2D eigenvalue weighted by atomic mass is 16.4. The summed E-state index contributed by atoms with van der Waals surface area (Å²) in [7, 11) is 0. The summed E-state index contributed by atoms with van der Waals surface area (Å²) in [6.07, 6.45) is 1.11. The second-order valence-electron chi connectivity index (χ2n) is 2.99. The van der Waals surface area contributed by atoms with E-state index in [1.165, 1.54) is 11.1 Å². The number of nitriles is 1. The zero-order chi connectivity index (χ0) is 10.1. The van der Waals surface area contributed by atoms with Crippen LogP contribution in [0, 0.1) is 11.3 Å². The van der Waals surface area contributed by atoms with Gasteiger partial charge in [-0.2, -0.15) is 5.26 Å². The number of pyridine rings is 1. The van der Waals surface area contributed by atoms with Crippen LogP contribution in [0.15, 0.2) is 12.3 Å². The number of carboxylic acid groups (broad SMARTS) is 1. The first-order chi connectivity index (χ1) is 6.72. The van der Waals surface area contributed by atoms with E-state index in [1.54, 1.807) is 6.07 Å². The standard InChI is InChI=1S/C9H7N3O2/c10-4-7-3-6-1-2-12(9(13)14)8(6)5-11-7/h3,5H,1-2H2,(H,13,14). The lowest BCUT2D eigenvalue weighted by Crippen LogP contribution is -2.26. The quantitative estimate of drug-likeness (QED) is 0.660. The number of hydrogen-bond donors (Lipinski definition) is 1. The Kier molecular flexibility index (Phi) is 1.82. The van der Waals surface area contributed by atoms with E-state index in [0.29, 0.717) is 24.3 Å². The second kappa shape index (κ2) is 3.00. The van der Waals surface area contributed by atoms with Crippen molar-refractivity contribution in [1.29, 1.82) is 5.26 Å². The molecule has 1 amide bonds. The minimum absolute atomic E-state index is 0.330. The summed E-state index contributed by atoms with van der Waals surface area (Å²) in [5, 5.41) is 17.4. The minimum Gasteiger partial charge on any atom is -0.465 e. The average Bonchev–Trinajstić information content (AvgIpc) is 2.59. The molecule has 0 atom stereocenters. The topological polar surface area (TPSA) is 77.2 Å². The monoisotopic (exact) mass is 189 g/mol. The fourth-order valence-corrected chi connectivity index (χ4v) is 1.55. The van der Waals surface area contributed by atoms with Crippen LogP contribution < -0.4 is 4.90 Å². The fraction of sp³-hybridized carbons (Fsp3) is 0.222. The first-order valence-corrected chi connectivity index (χ1v) is 4.12. The van der Waals surface area contributed by atoms with Gasteiger partial charge in [0.15, 0.2) is 0 Å². The number of rotatable bonds is 0. The highest BCUT2D eigenvalue weighted by molar-refractivity contribution is 5.88. The molecular weight excluding hydrogens is 182 g/mol. The number of nitrogens with zero attached hydrogens (tertiary/aromatic N) is 3. The minimum atomic E-state index is -0.977. The smallest absolute Gasteiger partial charge is 0.411 e. The summed E-state index contributed by atoms with van der Waals surface area (Å²) >= 11 is 0. The van der Waals surface area contributed by atoms with Crippen LogP contribution in [0.2, 0.25) is 0 Å². The molecule has 1 N–H and O–H groups in total. The maximum atomic E-state index is 10.8. The number of hydrogen-bond acceptors (Lipinski definition) is 3. The lowest BCUT2D eigenvalue weighted by atomic mass is 10.2. The lowest BCUT2D eigenvalue weighted by molar-refractivity contribution is 0.202. The fourth-order valence-electron chi connectivity index (χ4n) is 1.55. The van der Waals surface area contributed by atoms with Gasteiger partial charge in [0, 0.05) is 6.54 Å². The van der Waals surface area contributed by atoms with Gasteiger partial charge in [0.2, 0.25) is 0 Å². The first kappa shape index (κ1) is 8.51. The molecule has 1 aliphatic heterocycles. The van der Waals surface area contributed by atoms with Gasteiger partial charge in [0.25, 0.3) is 0 Å². The molecule has 1 aromatic rings. The Bertz CT molecular complexity index is 436. The zero-order valence-electron chi connectivity index (χ0n) is 7.27. The molecule has 0 bridgehead atoms. The predicted octanol–water partition coefficient (Wildman–Crippen LogP) is 0.994. The van der Waals surface area contributed by atoms with E-state index in [9.17, 15) is 4.79 Å². The SMILES string of the molecule is N#Cc1cc2c(cn1)N(C(=O)O)CC2. The number of fused-ring (bicyclic) bond motifs is 1. The van der Waals surface area contributed by atoms with Crippen LogP contribution in [0.25, 0.3) is 0 Å². The predicted molar refractivity (Wildman–Crippen MR) is 48.0 cm³/mol. The van der Waals surface area contributed by atoms with Crippen LogP contribution in [0.1, 0.15) is 11.3 Å². The molecule has 0 aromatic carbocycles. The maximum absolute atomic E-state index is 10.8. The van der Waals surface area contributed by atoms with E-state index in [0.717, 1.165) is 5.56 Å². The van der Waals surface area contributed by atoms with Crippen LogP contribution in [-0.2, 0) is 6.42 Å². The van der Waals surface area contributed by atoms with E-state index < -0.39 is 6.09 Å². The number of amides is 1. The third-order valence-corrected chi connectivity index (χ3v) is 2.21. The normalized spacial score (nSPS) is 13.5. The van der Waals surface area contributed by atoms with Crippen molar-refractivity contribution in [1.82, 2.24) is 4.98 Å². The molecule has 2 heterocycles. The van der Waals surface area contributed by atoms with Crippen molar-refractivity contribution >= 4 is 11.8 Å². The van der Waals surface area contributed by atoms with Crippen LogP contribution in [0.5, 0.6) is 0 Å².